The summed E-state index contributed by atoms with van der Waals surface area (Å²) in [6.07, 6.45) is 0.437. The fourth-order valence-corrected chi connectivity index (χ4v) is 2.04. The molecule has 0 saturated carbocycles. The lowest BCUT2D eigenvalue weighted by atomic mass is 10.0. The van der Waals surface area contributed by atoms with Crippen LogP contribution in [-0.2, 0) is 20.5 Å². The molecule has 1 atom stereocenters. The summed E-state index contributed by atoms with van der Waals surface area (Å²) in [7, 11) is 3.04. The Kier molecular flexibility index (Phi) is 2.38. The Labute approximate surface area is 97.2 Å². The minimum atomic E-state index is -0.596. The summed E-state index contributed by atoms with van der Waals surface area (Å²) in [5.41, 5.74) is -0.760. The highest BCUT2D eigenvalue weighted by Gasteiger charge is 2.38. The van der Waals surface area contributed by atoms with E-state index in [4.69, 9.17) is 16.3 Å². The minimum absolute atomic E-state index is 0.277. The van der Waals surface area contributed by atoms with Gasteiger partial charge in [0.2, 0.25) is 5.88 Å². The van der Waals surface area contributed by atoms with E-state index < -0.39 is 5.60 Å². The average molecular weight is 245 g/mol. The van der Waals surface area contributed by atoms with Crippen molar-refractivity contribution in [3.8, 4) is 5.88 Å². The maximum absolute atomic E-state index is 11.9. The van der Waals surface area contributed by atoms with E-state index >= 15 is 0 Å². The first kappa shape index (κ1) is 11.3. The van der Waals surface area contributed by atoms with Crippen LogP contribution in [0.2, 0.25) is 0 Å². The van der Waals surface area contributed by atoms with Crippen molar-refractivity contribution < 1.29 is 4.74 Å². The van der Waals surface area contributed by atoms with Gasteiger partial charge in [0.25, 0.3) is 5.56 Å². The molecule has 16 heavy (non-hydrogen) atoms. The van der Waals surface area contributed by atoms with Crippen molar-refractivity contribution in [3.05, 3.63) is 26.4 Å². The summed E-state index contributed by atoms with van der Waals surface area (Å²) < 4.78 is 8.04. The molecule has 1 unspecified atom stereocenters. The molecule has 1 aliphatic rings. The predicted molar refractivity (Wildman–Crippen MR) is 60.4 cm³/mol. The van der Waals surface area contributed by atoms with Gasteiger partial charge in [-0.3, -0.25) is 13.9 Å². The number of aromatic nitrogens is 2. The van der Waals surface area contributed by atoms with Crippen LogP contribution in [0.5, 0.6) is 5.88 Å². The predicted octanol–water partition coefficient (Wildman–Crippen LogP) is 0.0164. The summed E-state index contributed by atoms with van der Waals surface area (Å²) >= 11 is 5.80. The third-order valence-electron chi connectivity index (χ3n) is 2.88. The first-order valence-corrected chi connectivity index (χ1v) is 5.47. The van der Waals surface area contributed by atoms with Crippen molar-refractivity contribution in [1.82, 2.24) is 9.13 Å². The number of fused-ring (bicyclic) bond motifs is 1. The van der Waals surface area contributed by atoms with Crippen molar-refractivity contribution in [2.24, 2.45) is 14.1 Å². The van der Waals surface area contributed by atoms with E-state index in [1.807, 2.05) is 6.92 Å². The number of nitrogens with zero attached hydrogens (tertiary/aromatic N) is 2. The molecule has 1 aromatic rings. The van der Waals surface area contributed by atoms with Crippen molar-refractivity contribution in [2.45, 2.75) is 18.9 Å². The van der Waals surface area contributed by atoms with Gasteiger partial charge in [0.1, 0.15) is 5.60 Å². The Hall–Kier alpha value is -1.23. The number of halogens is 1. The molecular formula is C10H13ClN2O3. The molecule has 0 N–H and O–H groups in total. The molecule has 6 heteroatoms. The third kappa shape index (κ3) is 1.38. The van der Waals surface area contributed by atoms with E-state index in [1.165, 1.54) is 11.6 Å². The van der Waals surface area contributed by atoms with Gasteiger partial charge in [-0.1, -0.05) is 0 Å². The molecule has 5 nitrogen and oxygen atoms in total. The second-order valence-corrected chi connectivity index (χ2v) is 4.62. The number of alkyl halides is 1. The molecule has 0 spiro atoms. The molecule has 0 bridgehead atoms. The van der Waals surface area contributed by atoms with Crippen LogP contribution in [0.3, 0.4) is 0 Å². The normalized spacial score (nSPS) is 23.0. The van der Waals surface area contributed by atoms with Gasteiger partial charge >= 0.3 is 5.69 Å². The summed E-state index contributed by atoms with van der Waals surface area (Å²) in [5.74, 6) is 0.621. The summed E-state index contributed by atoms with van der Waals surface area (Å²) in [6, 6.07) is 0. The number of rotatable bonds is 1. The highest BCUT2D eigenvalue weighted by molar-refractivity contribution is 6.18. The summed E-state index contributed by atoms with van der Waals surface area (Å²) in [6.45, 7) is 1.82. The summed E-state index contributed by atoms with van der Waals surface area (Å²) in [4.78, 5) is 23.5. The highest BCUT2D eigenvalue weighted by atomic mass is 35.5. The quantitative estimate of drug-likeness (QED) is 0.655. The third-order valence-corrected chi connectivity index (χ3v) is 3.44. The Morgan fingerprint density at radius 2 is 2.00 bits per heavy atom. The zero-order valence-electron chi connectivity index (χ0n) is 9.41. The van der Waals surface area contributed by atoms with Gasteiger partial charge in [0.05, 0.1) is 11.4 Å². The first-order chi connectivity index (χ1) is 7.39. The molecule has 0 aromatic carbocycles. The van der Waals surface area contributed by atoms with Crippen molar-refractivity contribution in [2.75, 3.05) is 5.88 Å². The molecule has 0 saturated heterocycles. The van der Waals surface area contributed by atoms with E-state index in [0.717, 1.165) is 4.57 Å². The van der Waals surface area contributed by atoms with Gasteiger partial charge in [0.15, 0.2) is 0 Å². The largest absolute Gasteiger partial charge is 0.470 e. The Morgan fingerprint density at radius 3 is 2.56 bits per heavy atom. The molecule has 1 aliphatic heterocycles. The zero-order chi connectivity index (χ0) is 12.1. The van der Waals surface area contributed by atoms with Gasteiger partial charge in [-0.2, -0.15) is 0 Å². The molecule has 88 valence electrons. The van der Waals surface area contributed by atoms with Crippen molar-refractivity contribution >= 4 is 11.6 Å². The van der Waals surface area contributed by atoms with Gasteiger partial charge in [-0.05, 0) is 6.92 Å². The Bertz CT molecular complexity index is 560. The van der Waals surface area contributed by atoms with Crippen LogP contribution in [0.15, 0.2) is 9.59 Å². The molecule has 2 rings (SSSR count). The molecule has 2 heterocycles. The first-order valence-electron chi connectivity index (χ1n) is 4.93. The van der Waals surface area contributed by atoms with E-state index in [2.05, 4.69) is 0 Å². The van der Waals surface area contributed by atoms with E-state index in [1.54, 1.807) is 7.05 Å². The minimum Gasteiger partial charge on any atom is -0.470 e. The lowest BCUT2D eigenvalue weighted by Crippen LogP contribution is -2.38. The fraction of sp³-hybridized carbons (Fsp3) is 0.600. The second-order valence-electron chi connectivity index (χ2n) is 4.35. The Morgan fingerprint density at radius 1 is 1.38 bits per heavy atom. The standard InChI is InChI=1S/C10H13ClN2O3/c1-10(5-11)4-6-7(14)12(2)9(15)13(3)8(6)16-10/h4-5H2,1-3H3. The number of ether oxygens (including phenoxy) is 1. The van der Waals surface area contributed by atoms with Gasteiger partial charge in [0, 0.05) is 20.5 Å². The molecule has 1 aromatic heterocycles. The van der Waals surface area contributed by atoms with E-state index in [0.29, 0.717) is 17.9 Å². The van der Waals surface area contributed by atoms with Crippen molar-refractivity contribution in [1.29, 1.82) is 0 Å². The van der Waals surface area contributed by atoms with E-state index in [9.17, 15) is 9.59 Å². The van der Waals surface area contributed by atoms with Crippen LogP contribution in [0, 0.1) is 0 Å². The monoisotopic (exact) mass is 244 g/mol. The maximum atomic E-state index is 11.9. The Balaban J connectivity index is 2.72. The maximum Gasteiger partial charge on any atom is 0.333 e. The molecular weight excluding hydrogens is 232 g/mol. The lowest BCUT2D eigenvalue weighted by Gasteiger charge is -2.20. The van der Waals surface area contributed by atoms with Gasteiger partial charge in [-0.25, -0.2) is 4.79 Å². The number of hydrogen-bond acceptors (Lipinski definition) is 3. The van der Waals surface area contributed by atoms with Crippen molar-refractivity contribution in [3.63, 3.8) is 0 Å². The molecule has 0 fully saturated rings. The smallest absolute Gasteiger partial charge is 0.333 e. The van der Waals surface area contributed by atoms with Crippen LogP contribution in [0.1, 0.15) is 12.5 Å². The lowest BCUT2D eigenvalue weighted by molar-refractivity contribution is 0.131. The average Bonchev–Trinajstić information content (AvgIpc) is 2.63. The van der Waals surface area contributed by atoms with Crippen LogP contribution in [0.4, 0.5) is 0 Å². The molecule has 0 aliphatic carbocycles. The topological polar surface area (TPSA) is 53.2 Å². The van der Waals surface area contributed by atoms with Crippen LogP contribution in [-0.4, -0.2) is 20.6 Å². The van der Waals surface area contributed by atoms with Crippen LogP contribution < -0.4 is 16.0 Å². The van der Waals surface area contributed by atoms with Crippen LogP contribution >= 0.6 is 11.6 Å². The van der Waals surface area contributed by atoms with Gasteiger partial charge < -0.3 is 4.74 Å². The SMILES string of the molecule is Cn1c2c(c(=O)n(C)c1=O)CC(C)(CCl)O2. The summed E-state index contributed by atoms with van der Waals surface area (Å²) in [5, 5.41) is 0. The highest BCUT2D eigenvalue weighted by Crippen LogP contribution is 2.31. The second kappa shape index (κ2) is 3.38. The van der Waals surface area contributed by atoms with Crippen LogP contribution in [0.25, 0.3) is 0 Å². The number of hydrogen-bond donors (Lipinski definition) is 0. The molecule has 0 amide bonds. The van der Waals surface area contributed by atoms with Gasteiger partial charge in [-0.15, -0.1) is 11.6 Å². The van der Waals surface area contributed by atoms with E-state index in [-0.39, 0.29) is 17.1 Å². The molecule has 0 radical (unpaired) electrons. The zero-order valence-corrected chi connectivity index (χ0v) is 10.2. The fourth-order valence-electron chi connectivity index (χ4n) is 1.89.